The number of likely N-dealkylation sites (tertiary alicyclic amines) is 1. The lowest BCUT2D eigenvalue weighted by Gasteiger charge is -2.29. The molecule has 1 aromatic heterocycles. The molecule has 3 heterocycles. The molecule has 6 heteroatoms. The van der Waals surface area contributed by atoms with Crippen molar-refractivity contribution in [3.63, 3.8) is 0 Å². The normalized spacial score (nSPS) is 25.3. The van der Waals surface area contributed by atoms with Crippen molar-refractivity contribution in [3.8, 4) is 0 Å². The average molecular weight is 327 g/mol. The molecule has 0 unspecified atom stereocenters. The Bertz CT molecular complexity index is 570. The Morgan fingerprint density at radius 1 is 1.52 bits per heavy atom. The average Bonchev–Trinajstić information content (AvgIpc) is 3.17. The second-order valence-corrected chi connectivity index (χ2v) is 7.64. The van der Waals surface area contributed by atoms with Gasteiger partial charge >= 0.3 is 0 Å². The third kappa shape index (κ3) is 2.94. The van der Waals surface area contributed by atoms with Crippen molar-refractivity contribution in [1.29, 1.82) is 0 Å². The van der Waals surface area contributed by atoms with Gasteiger partial charge in [-0.05, 0) is 30.9 Å². The third-order valence-corrected chi connectivity index (χ3v) is 5.43. The predicted molar refractivity (Wildman–Crippen MR) is 84.9 cm³/mol. The molecule has 1 fully saturated rings. The highest BCUT2D eigenvalue weighted by Crippen LogP contribution is 2.29. The molecule has 1 saturated heterocycles. The molecule has 0 radical (unpaired) electrons. The van der Waals surface area contributed by atoms with Gasteiger partial charge in [0.25, 0.3) is 5.91 Å². The number of oxime groups is 1. The van der Waals surface area contributed by atoms with Crippen LogP contribution in [-0.4, -0.2) is 35.2 Å². The topological polar surface area (TPSA) is 41.9 Å². The molecule has 2 aliphatic rings. The van der Waals surface area contributed by atoms with Gasteiger partial charge in [0.2, 0.25) is 6.10 Å². The maximum absolute atomic E-state index is 12.6. The first-order valence-corrected chi connectivity index (χ1v) is 8.54. The molecule has 1 aromatic rings. The zero-order valence-electron chi connectivity index (χ0n) is 12.2. The van der Waals surface area contributed by atoms with Crippen molar-refractivity contribution >= 4 is 34.6 Å². The van der Waals surface area contributed by atoms with E-state index in [0.717, 1.165) is 34.3 Å². The Labute approximate surface area is 133 Å². The Morgan fingerprint density at radius 2 is 2.33 bits per heavy atom. The molecular formula is C15H19ClN2O2S. The Hall–Kier alpha value is -1.07. The number of nitrogens with zero attached hydrogens (tertiary/aromatic N) is 2. The SMILES string of the molecule is CC(C)[C@@H]1CCCN1C(=O)[C@H]1CC(c2ccc(Cl)s2)=NO1. The van der Waals surface area contributed by atoms with Crippen LogP contribution in [0.25, 0.3) is 0 Å². The molecule has 4 nitrogen and oxygen atoms in total. The van der Waals surface area contributed by atoms with Gasteiger partial charge in [0, 0.05) is 19.0 Å². The predicted octanol–water partition coefficient (Wildman–Crippen LogP) is 3.54. The summed E-state index contributed by atoms with van der Waals surface area (Å²) in [5, 5.41) is 4.08. The number of rotatable bonds is 3. The Balaban J connectivity index is 1.66. The monoisotopic (exact) mass is 326 g/mol. The van der Waals surface area contributed by atoms with Crippen LogP contribution in [0.3, 0.4) is 0 Å². The lowest BCUT2D eigenvalue weighted by Crippen LogP contribution is -2.44. The van der Waals surface area contributed by atoms with Crippen LogP contribution < -0.4 is 0 Å². The molecule has 114 valence electrons. The van der Waals surface area contributed by atoms with Crippen molar-refractivity contribution in [2.75, 3.05) is 6.54 Å². The summed E-state index contributed by atoms with van der Waals surface area (Å²) >= 11 is 7.41. The summed E-state index contributed by atoms with van der Waals surface area (Å²) in [6, 6.07) is 4.10. The van der Waals surface area contributed by atoms with E-state index in [9.17, 15) is 4.79 Å². The van der Waals surface area contributed by atoms with E-state index in [2.05, 4.69) is 19.0 Å². The van der Waals surface area contributed by atoms with Crippen LogP contribution in [0.5, 0.6) is 0 Å². The van der Waals surface area contributed by atoms with Crippen molar-refractivity contribution in [1.82, 2.24) is 4.90 Å². The zero-order chi connectivity index (χ0) is 15.0. The summed E-state index contributed by atoms with van der Waals surface area (Å²) < 4.78 is 0.724. The number of halogens is 1. The Morgan fingerprint density at radius 3 is 3.00 bits per heavy atom. The molecule has 0 aliphatic carbocycles. The van der Waals surface area contributed by atoms with Crippen LogP contribution in [0.2, 0.25) is 4.34 Å². The molecule has 0 N–H and O–H groups in total. The van der Waals surface area contributed by atoms with E-state index in [-0.39, 0.29) is 5.91 Å². The van der Waals surface area contributed by atoms with E-state index < -0.39 is 6.10 Å². The molecule has 1 amide bonds. The molecule has 3 rings (SSSR count). The molecule has 0 saturated carbocycles. The minimum absolute atomic E-state index is 0.0765. The van der Waals surface area contributed by atoms with Gasteiger partial charge in [0.1, 0.15) is 5.71 Å². The number of thiophene rings is 1. The smallest absolute Gasteiger partial charge is 0.267 e. The van der Waals surface area contributed by atoms with Crippen LogP contribution in [0.4, 0.5) is 0 Å². The highest BCUT2D eigenvalue weighted by Gasteiger charge is 2.38. The van der Waals surface area contributed by atoms with Gasteiger partial charge in [-0.2, -0.15) is 0 Å². The summed E-state index contributed by atoms with van der Waals surface area (Å²) in [5.41, 5.74) is 0.825. The highest BCUT2D eigenvalue weighted by atomic mass is 35.5. The number of hydrogen-bond acceptors (Lipinski definition) is 4. The van der Waals surface area contributed by atoms with Gasteiger partial charge in [-0.15, -0.1) is 11.3 Å². The van der Waals surface area contributed by atoms with Gasteiger partial charge in [0.05, 0.1) is 9.21 Å². The molecule has 0 spiro atoms. The van der Waals surface area contributed by atoms with Crippen LogP contribution in [0.1, 0.15) is 38.0 Å². The first-order chi connectivity index (χ1) is 10.1. The maximum Gasteiger partial charge on any atom is 0.267 e. The van der Waals surface area contributed by atoms with Gasteiger partial charge in [-0.3, -0.25) is 4.79 Å². The van der Waals surface area contributed by atoms with E-state index in [4.69, 9.17) is 16.4 Å². The largest absolute Gasteiger partial charge is 0.382 e. The molecule has 0 aromatic carbocycles. The van der Waals surface area contributed by atoms with E-state index >= 15 is 0 Å². The summed E-state index contributed by atoms with van der Waals surface area (Å²) in [4.78, 5) is 21.0. The molecule has 0 bridgehead atoms. The second-order valence-electron chi connectivity index (χ2n) is 5.93. The summed E-state index contributed by atoms with van der Waals surface area (Å²) in [5.74, 6) is 0.557. The summed E-state index contributed by atoms with van der Waals surface area (Å²) in [6.45, 7) is 5.17. The Kier molecular flexibility index (Phi) is 4.22. The fourth-order valence-electron chi connectivity index (χ4n) is 3.07. The maximum atomic E-state index is 12.6. The fraction of sp³-hybridized carbons (Fsp3) is 0.600. The van der Waals surface area contributed by atoms with Crippen LogP contribution in [0, 0.1) is 5.92 Å². The van der Waals surface area contributed by atoms with Crippen molar-refractivity contribution < 1.29 is 9.63 Å². The highest BCUT2D eigenvalue weighted by molar-refractivity contribution is 7.18. The molecular weight excluding hydrogens is 308 g/mol. The summed E-state index contributed by atoms with van der Waals surface area (Å²) in [6.07, 6.45) is 2.23. The molecule has 2 atom stereocenters. The number of carbonyl (C=O) groups is 1. The second kappa shape index (κ2) is 5.97. The van der Waals surface area contributed by atoms with Gasteiger partial charge in [-0.1, -0.05) is 30.6 Å². The number of carbonyl (C=O) groups excluding carboxylic acids is 1. The van der Waals surface area contributed by atoms with Crippen molar-refractivity contribution in [2.24, 2.45) is 11.1 Å². The molecule has 21 heavy (non-hydrogen) atoms. The first-order valence-electron chi connectivity index (χ1n) is 7.35. The summed E-state index contributed by atoms with van der Waals surface area (Å²) in [7, 11) is 0. The van der Waals surface area contributed by atoms with Crippen LogP contribution in [0.15, 0.2) is 17.3 Å². The van der Waals surface area contributed by atoms with Gasteiger partial charge in [-0.25, -0.2) is 0 Å². The van der Waals surface area contributed by atoms with Gasteiger partial charge in [0.15, 0.2) is 0 Å². The minimum Gasteiger partial charge on any atom is -0.382 e. The lowest BCUT2D eigenvalue weighted by molar-refractivity contribution is -0.143. The van der Waals surface area contributed by atoms with E-state index in [1.54, 1.807) is 0 Å². The van der Waals surface area contributed by atoms with Crippen LogP contribution in [-0.2, 0) is 9.63 Å². The van der Waals surface area contributed by atoms with E-state index in [1.165, 1.54) is 11.3 Å². The minimum atomic E-state index is -0.472. The molecule has 2 aliphatic heterocycles. The number of amides is 1. The fourth-order valence-corrected chi connectivity index (χ4v) is 4.10. The van der Waals surface area contributed by atoms with Crippen molar-refractivity contribution in [2.45, 2.75) is 45.3 Å². The lowest BCUT2D eigenvalue weighted by atomic mass is 10.0. The quantitative estimate of drug-likeness (QED) is 0.852. The van der Waals surface area contributed by atoms with Crippen LogP contribution >= 0.6 is 22.9 Å². The third-order valence-electron chi connectivity index (χ3n) is 4.15. The first kappa shape index (κ1) is 14.9. The van der Waals surface area contributed by atoms with E-state index in [1.807, 2.05) is 17.0 Å². The van der Waals surface area contributed by atoms with Gasteiger partial charge < -0.3 is 9.74 Å². The number of hydrogen-bond donors (Lipinski definition) is 0. The zero-order valence-corrected chi connectivity index (χ0v) is 13.8. The van der Waals surface area contributed by atoms with Crippen molar-refractivity contribution in [3.05, 3.63) is 21.3 Å². The standard InChI is InChI=1S/C15H19ClN2O2S/c1-9(2)11-4-3-7-18(11)15(19)12-8-10(17-20-12)13-5-6-14(16)21-13/h5-6,9,11-12H,3-4,7-8H2,1-2H3/t11-,12+/m0/s1. The van der Waals surface area contributed by atoms with E-state index in [0.29, 0.717) is 18.4 Å².